The minimum atomic E-state index is 0.686. The molecule has 0 N–H and O–H groups in total. The number of aromatic nitrogens is 2. The third-order valence-electron chi connectivity index (χ3n) is 2.19. The average molecular weight is 242 g/mol. The van der Waals surface area contributed by atoms with Crippen molar-refractivity contribution in [3.63, 3.8) is 0 Å². The first-order valence-electron chi connectivity index (χ1n) is 4.55. The maximum Gasteiger partial charge on any atom is 0.225 e. The molecular formula is C9H12BrN3. The van der Waals surface area contributed by atoms with E-state index in [0.29, 0.717) is 6.04 Å². The molecule has 0 atom stereocenters. The fourth-order valence-corrected chi connectivity index (χ4v) is 1.61. The standard InChI is InChI=1S/C9H12BrN3/c1-2-13(8-3-4-8)9-11-5-7(10)6-12-9/h5-6,8H,2-4H2,1H3. The molecule has 0 unspecified atom stereocenters. The lowest BCUT2D eigenvalue weighted by molar-refractivity contribution is 0.785. The summed E-state index contributed by atoms with van der Waals surface area (Å²) in [5, 5.41) is 0. The second-order valence-electron chi connectivity index (χ2n) is 3.22. The SMILES string of the molecule is CCN(c1ncc(Br)cn1)C1CC1. The molecule has 1 saturated carbocycles. The Hall–Kier alpha value is -0.640. The fourth-order valence-electron chi connectivity index (χ4n) is 1.40. The molecule has 0 aliphatic heterocycles. The number of hydrogen-bond acceptors (Lipinski definition) is 3. The molecule has 1 aliphatic rings. The molecule has 0 radical (unpaired) electrons. The minimum Gasteiger partial charge on any atom is -0.338 e. The highest BCUT2D eigenvalue weighted by atomic mass is 79.9. The predicted molar refractivity (Wildman–Crippen MR) is 55.8 cm³/mol. The lowest BCUT2D eigenvalue weighted by Crippen LogP contribution is -2.26. The van der Waals surface area contributed by atoms with Crippen LogP contribution in [0.3, 0.4) is 0 Å². The van der Waals surface area contributed by atoms with E-state index in [1.54, 1.807) is 12.4 Å². The number of hydrogen-bond donors (Lipinski definition) is 0. The summed E-state index contributed by atoms with van der Waals surface area (Å²) in [7, 11) is 0. The number of rotatable bonds is 3. The van der Waals surface area contributed by atoms with Crippen molar-refractivity contribution in [2.75, 3.05) is 11.4 Å². The van der Waals surface area contributed by atoms with Gasteiger partial charge in [0.05, 0.1) is 4.47 Å². The Morgan fingerprint density at radius 2 is 2.08 bits per heavy atom. The third-order valence-corrected chi connectivity index (χ3v) is 2.60. The Balaban J connectivity index is 2.17. The molecule has 2 rings (SSSR count). The summed E-state index contributed by atoms with van der Waals surface area (Å²) in [6, 6.07) is 0.686. The second-order valence-corrected chi connectivity index (χ2v) is 4.13. The van der Waals surface area contributed by atoms with Crippen LogP contribution in [0.4, 0.5) is 5.95 Å². The Morgan fingerprint density at radius 1 is 1.46 bits per heavy atom. The van der Waals surface area contributed by atoms with Crippen LogP contribution in [0.5, 0.6) is 0 Å². The summed E-state index contributed by atoms with van der Waals surface area (Å²) < 4.78 is 0.933. The van der Waals surface area contributed by atoms with E-state index in [4.69, 9.17) is 0 Å². The summed E-state index contributed by atoms with van der Waals surface area (Å²) in [6.07, 6.45) is 6.17. The quantitative estimate of drug-likeness (QED) is 0.813. The van der Waals surface area contributed by atoms with E-state index in [9.17, 15) is 0 Å². The van der Waals surface area contributed by atoms with Gasteiger partial charge in [-0.15, -0.1) is 0 Å². The lowest BCUT2D eigenvalue weighted by atomic mass is 10.5. The molecule has 13 heavy (non-hydrogen) atoms. The smallest absolute Gasteiger partial charge is 0.225 e. The molecule has 70 valence electrons. The van der Waals surface area contributed by atoms with Gasteiger partial charge in [-0.05, 0) is 35.7 Å². The van der Waals surface area contributed by atoms with Gasteiger partial charge in [0.1, 0.15) is 0 Å². The largest absolute Gasteiger partial charge is 0.338 e. The van der Waals surface area contributed by atoms with E-state index < -0.39 is 0 Å². The Kier molecular flexibility index (Phi) is 2.49. The summed E-state index contributed by atoms with van der Waals surface area (Å²) >= 11 is 3.33. The molecule has 1 aromatic rings. The van der Waals surface area contributed by atoms with Crippen molar-refractivity contribution in [1.29, 1.82) is 0 Å². The first kappa shape index (κ1) is 8.94. The first-order chi connectivity index (χ1) is 6.31. The van der Waals surface area contributed by atoms with Crippen LogP contribution >= 0.6 is 15.9 Å². The molecular weight excluding hydrogens is 230 g/mol. The van der Waals surface area contributed by atoms with Gasteiger partial charge in [0.25, 0.3) is 0 Å². The molecule has 1 aliphatic carbocycles. The van der Waals surface area contributed by atoms with E-state index in [2.05, 4.69) is 37.7 Å². The van der Waals surface area contributed by atoms with Gasteiger partial charge >= 0.3 is 0 Å². The molecule has 0 spiro atoms. The third kappa shape index (κ3) is 1.99. The van der Waals surface area contributed by atoms with Gasteiger partial charge in [-0.25, -0.2) is 9.97 Å². The molecule has 1 aromatic heterocycles. The van der Waals surface area contributed by atoms with E-state index >= 15 is 0 Å². The van der Waals surface area contributed by atoms with Crippen LogP contribution in [0, 0.1) is 0 Å². The van der Waals surface area contributed by atoms with Crippen LogP contribution in [-0.2, 0) is 0 Å². The highest BCUT2D eigenvalue weighted by Gasteiger charge is 2.29. The zero-order valence-corrected chi connectivity index (χ0v) is 9.16. The summed E-state index contributed by atoms with van der Waals surface area (Å²) in [5.41, 5.74) is 0. The number of halogens is 1. The summed E-state index contributed by atoms with van der Waals surface area (Å²) in [6.45, 7) is 3.13. The Labute approximate surface area is 86.3 Å². The number of anilines is 1. The molecule has 4 heteroatoms. The van der Waals surface area contributed by atoms with Crippen LogP contribution in [0.2, 0.25) is 0 Å². The van der Waals surface area contributed by atoms with Crippen molar-refractivity contribution in [3.8, 4) is 0 Å². The monoisotopic (exact) mass is 241 g/mol. The molecule has 0 amide bonds. The zero-order chi connectivity index (χ0) is 9.26. The molecule has 0 saturated heterocycles. The van der Waals surface area contributed by atoms with Gasteiger partial charge in [-0.2, -0.15) is 0 Å². The Bertz CT molecular complexity index is 281. The topological polar surface area (TPSA) is 29.0 Å². The first-order valence-corrected chi connectivity index (χ1v) is 5.34. The predicted octanol–water partition coefficient (Wildman–Crippen LogP) is 2.23. The van der Waals surface area contributed by atoms with E-state index in [1.807, 2.05) is 0 Å². The van der Waals surface area contributed by atoms with E-state index in [-0.39, 0.29) is 0 Å². The van der Waals surface area contributed by atoms with E-state index in [1.165, 1.54) is 12.8 Å². The van der Waals surface area contributed by atoms with Crippen molar-refractivity contribution in [1.82, 2.24) is 9.97 Å². The normalized spacial score (nSPS) is 15.8. The zero-order valence-electron chi connectivity index (χ0n) is 7.57. The van der Waals surface area contributed by atoms with Crippen LogP contribution < -0.4 is 4.90 Å². The highest BCUT2D eigenvalue weighted by molar-refractivity contribution is 9.10. The fraction of sp³-hybridized carbons (Fsp3) is 0.556. The average Bonchev–Trinajstić information content (AvgIpc) is 2.93. The summed E-state index contributed by atoms with van der Waals surface area (Å²) in [4.78, 5) is 10.8. The van der Waals surface area contributed by atoms with E-state index in [0.717, 1.165) is 17.0 Å². The van der Waals surface area contributed by atoms with Gasteiger partial charge in [-0.3, -0.25) is 0 Å². The van der Waals surface area contributed by atoms with Gasteiger partial charge in [0.15, 0.2) is 0 Å². The van der Waals surface area contributed by atoms with Gasteiger partial charge in [0, 0.05) is 25.0 Å². The van der Waals surface area contributed by atoms with Crippen LogP contribution in [0.15, 0.2) is 16.9 Å². The van der Waals surface area contributed by atoms with Crippen LogP contribution in [0.1, 0.15) is 19.8 Å². The maximum absolute atomic E-state index is 4.28. The van der Waals surface area contributed by atoms with Crippen LogP contribution in [0.25, 0.3) is 0 Å². The van der Waals surface area contributed by atoms with Crippen molar-refractivity contribution in [2.24, 2.45) is 0 Å². The Morgan fingerprint density at radius 3 is 2.54 bits per heavy atom. The van der Waals surface area contributed by atoms with Crippen molar-refractivity contribution < 1.29 is 0 Å². The summed E-state index contributed by atoms with van der Waals surface area (Å²) in [5.74, 6) is 0.855. The van der Waals surface area contributed by atoms with Gasteiger partial charge in [0.2, 0.25) is 5.95 Å². The van der Waals surface area contributed by atoms with Gasteiger partial charge < -0.3 is 4.90 Å². The molecule has 1 fully saturated rings. The maximum atomic E-state index is 4.28. The molecule has 0 bridgehead atoms. The van der Waals surface area contributed by atoms with Crippen molar-refractivity contribution in [3.05, 3.63) is 16.9 Å². The number of nitrogens with zero attached hydrogens (tertiary/aromatic N) is 3. The van der Waals surface area contributed by atoms with Crippen molar-refractivity contribution in [2.45, 2.75) is 25.8 Å². The molecule has 3 nitrogen and oxygen atoms in total. The second kappa shape index (κ2) is 3.62. The highest BCUT2D eigenvalue weighted by Crippen LogP contribution is 2.29. The molecule has 0 aromatic carbocycles. The van der Waals surface area contributed by atoms with Crippen LogP contribution in [-0.4, -0.2) is 22.6 Å². The van der Waals surface area contributed by atoms with Crippen molar-refractivity contribution >= 4 is 21.9 Å². The minimum absolute atomic E-state index is 0.686. The lowest BCUT2D eigenvalue weighted by Gasteiger charge is -2.19. The molecule has 1 heterocycles. The van der Waals surface area contributed by atoms with Gasteiger partial charge in [-0.1, -0.05) is 0 Å².